The summed E-state index contributed by atoms with van der Waals surface area (Å²) in [5.74, 6) is 0.459. The molecule has 102 valence electrons. The van der Waals surface area contributed by atoms with Crippen molar-refractivity contribution < 1.29 is 4.79 Å². The standard InChI is InChI=1S/C17H18N2O/c18-11-12-6-8-14(9-7-12)17(20)19-16-10-15(16)13-4-2-1-3-5-13/h1-9,15-16H,10-11,18H2,(H,19,20). The third-order valence-electron chi connectivity index (χ3n) is 3.79. The lowest BCUT2D eigenvalue weighted by molar-refractivity contribution is 0.0950. The number of hydrogen-bond acceptors (Lipinski definition) is 2. The third kappa shape index (κ3) is 2.73. The van der Waals surface area contributed by atoms with E-state index in [1.54, 1.807) is 0 Å². The quantitative estimate of drug-likeness (QED) is 0.893. The summed E-state index contributed by atoms with van der Waals surface area (Å²) < 4.78 is 0. The molecule has 1 saturated carbocycles. The third-order valence-corrected chi connectivity index (χ3v) is 3.79. The minimum absolute atomic E-state index is 0.00278. The van der Waals surface area contributed by atoms with E-state index in [0.29, 0.717) is 18.0 Å². The highest BCUT2D eigenvalue weighted by Gasteiger charge is 2.39. The Bertz CT molecular complexity index is 592. The first kappa shape index (κ1) is 12.9. The first-order valence-corrected chi connectivity index (χ1v) is 6.93. The second kappa shape index (κ2) is 5.47. The monoisotopic (exact) mass is 266 g/mol. The normalized spacial score (nSPS) is 20.4. The molecule has 0 heterocycles. The molecule has 2 unspecified atom stereocenters. The van der Waals surface area contributed by atoms with Crippen LogP contribution >= 0.6 is 0 Å². The van der Waals surface area contributed by atoms with E-state index in [1.807, 2.05) is 42.5 Å². The van der Waals surface area contributed by atoms with Crippen LogP contribution < -0.4 is 11.1 Å². The van der Waals surface area contributed by atoms with E-state index in [2.05, 4.69) is 17.4 Å². The van der Waals surface area contributed by atoms with Gasteiger partial charge in [0.1, 0.15) is 0 Å². The Morgan fingerprint density at radius 3 is 2.45 bits per heavy atom. The maximum Gasteiger partial charge on any atom is 0.251 e. The fourth-order valence-corrected chi connectivity index (χ4v) is 2.47. The highest BCUT2D eigenvalue weighted by Crippen LogP contribution is 2.40. The van der Waals surface area contributed by atoms with Gasteiger partial charge in [0.05, 0.1) is 0 Å². The molecule has 3 rings (SSSR count). The zero-order valence-electron chi connectivity index (χ0n) is 11.3. The van der Waals surface area contributed by atoms with Crippen LogP contribution in [-0.4, -0.2) is 11.9 Å². The summed E-state index contributed by atoms with van der Waals surface area (Å²) in [6, 6.07) is 18.1. The number of hydrogen-bond donors (Lipinski definition) is 2. The van der Waals surface area contributed by atoms with Crippen LogP contribution in [0.3, 0.4) is 0 Å². The molecule has 20 heavy (non-hydrogen) atoms. The molecule has 3 N–H and O–H groups in total. The van der Waals surface area contributed by atoms with Crippen molar-refractivity contribution in [1.29, 1.82) is 0 Å². The van der Waals surface area contributed by atoms with Crippen LogP contribution in [0.4, 0.5) is 0 Å². The number of carbonyl (C=O) groups excluding carboxylic acids is 1. The molecular formula is C17H18N2O. The second-order valence-corrected chi connectivity index (χ2v) is 5.23. The summed E-state index contributed by atoms with van der Waals surface area (Å²) in [5, 5.41) is 3.09. The molecule has 1 aliphatic carbocycles. The molecule has 0 bridgehead atoms. The molecule has 0 saturated heterocycles. The highest BCUT2D eigenvalue weighted by atomic mass is 16.1. The average molecular weight is 266 g/mol. The first-order chi connectivity index (χ1) is 9.78. The van der Waals surface area contributed by atoms with E-state index in [1.165, 1.54) is 5.56 Å². The summed E-state index contributed by atoms with van der Waals surface area (Å²) in [4.78, 5) is 12.1. The van der Waals surface area contributed by atoms with Gasteiger partial charge in [-0.2, -0.15) is 0 Å². The van der Waals surface area contributed by atoms with Gasteiger partial charge < -0.3 is 11.1 Å². The Morgan fingerprint density at radius 1 is 1.10 bits per heavy atom. The number of amides is 1. The Morgan fingerprint density at radius 2 is 1.80 bits per heavy atom. The van der Waals surface area contributed by atoms with E-state index >= 15 is 0 Å². The van der Waals surface area contributed by atoms with Crippen molar-refractivity contribution in [3.63, 3.8) is 0 Å². The van der Waals surface area contributed by atoms with Crippen LogP contribution in [0.2, 0.25) is 0 Å². The molecule has 0 radical (unpaired) electrons. The Labute approximate surface area is 118 Å². The van der Waals surface area contributed by atoms with Gasteiger partial charge in [-0.25, -0.2) is 0 Å². The fraction of sp³-hybridized carbons (Fsp3) is 0.235. The van der Waals surface area contributed by atoms with Crippen LogP contribution in [0.25, 0.3) is 0 Å². The number of rotatable bonds is 4. The van der Waals surface area contributed by atoms with E-state index in [4.69, 9.17) is 5.73 Å². The Kier molecular flexibility index (Phi) is 3.52. The smallest absolute Gasteiger partial charge is 0.251 e. The Balaban J connectivity index is 1.60. The Hall–Kier alpha value is -2.13. The number of nitrogens with one attached hydrogen (secondary N) is 1. The van der Waals surface area contributed by atoms with Crippen LogP contribution in [-0.2, 0) is 6.54 Å². The minimum Gasteiger partial charge on any atom is -0.349 e. The fourth-order valence-electron chi connectivity index (χ4n) is 2.47. The van der Waals surface area contributed by atoms with Crippen molar-refractivity contribution in [1.82, 2.24) is 5.32 Å². The van der Waals surface area contributed by atoms with Crippen molar-refractivity contribution in [3.8, 4) is 0 Å². The van der Waals surface area contributed by atoms with Crippen LogP contribution in [0.15, 0.2) is 54.6 Å². The van der Waals surface area contributed by atoms with Crippen LogP contribution in [0.1, 0.15) is 33.8 Å². The van der Waals surface area contributed by atoms with Crippen LogP contribution in [0, 0.1) is 0 Å². The molecule has 3 heteroatoms. The van der Waals surface area contributed by atoms with Gasteiger partial charge in [0, 0.05) is 24.1 Å². The van der Waals surface area contributed by atoms with E-state index in [9.17, 15) is 4.79 Å². The summed E-state index contributed by atoms with van der Waals surface area (Å²) in [7, 11) is 0. The van der Waals surface area contributed by atoms with Gasteiger partial charge in [-0.15, -0.1) is 0 Å². The van der Waals surface area contributed by atoms with Crippen LogP contribution in [0.5, 0.6) is 0 Å². The molecule has 3 nitrogen and oxygen atoms in total. The number of benzene rings is 2. The first-order valence-electron chi connectivity index (χ1n) is 6.93. The molecule has 0 aromatic heterocycles. The molecule has 0 aliphatic heterocycles. The molecule has 2 atom stereocenters. The SMILES string of the molecule is NCc1ccc(C(=O)NC2CC2c2ccccc2)cc1. The summed E-state index contributed by atoms with van der Waals surface area (Å²) >= 11 is 0. The van der Waals surface area contributed by atoms with E-state index in [0.717, 1.165) is 12.0 Å². The second-order valence-electron chi connectivity index (χ2n) is 5.23. The lowest BCUT2D eigenvalue weighted by Gasteiger charge is -2.06. The average Bonchev–Trinajstić information content (AvgIpc) is 3.27. The molecule has 2 aromatic rings. The van der Waals surface area contributed by atoms with Gasteiger partial charge in [0.25, 0.3) is 5.91 Å². The lowest BCUT2D eigenvalue weighted by atomic mass is 10.1. The molecule has 2 aromatic carbocycles. The minimum atomic E-state index is -0.00278. The van der Waals surface area contributed by atoms with Crippen molar-refractivity contribution in [2.45, 2.75) is 24.9 Å². The van der Waals surface area contributed by atoms with Crippen molar-refractivity contribution in [2.75, 3.05) is 0 Å². The van der Waals surface area contributed by atoms with Gasteiger partial charge in [-0.3, -0.25) is 4.79 Å². The lowest BCUT2D eigenvalue weighted by Crippen LogP contribution is -2.26. The highest BCUT2D eigenvalue weighted by molar-refractivity contribution is 5.94. The van der Waals surface area contributed by atoms with Gasteiger partial charge in [0.2, 0.25) is 0 Å². The van der Waals surface area contributed by atoms with Gasteiger partial charge in [0.15, 0.2) is 0 Å². The maximum atomic E-state index is 12.1. The zero-order valence-corrected chi connectivity index (χ0v) is 11.3. The summed E-state index contributed by atoms with van der Waals surface area (Å²) in [5.41, 5.74) is 8.58. The predicted molar refractivity (Wildman–Crippen MR) is 79.4 cm³/mol. The maximum absolute atomic E-state index is 12.1. The molecule has 1 fully saturated rings. The predicted octanol–water partition coefficient (Wildman–Crippen LogP) is 2.43. The van der Waals surface area contributed by atoms with Gasteiger partial charge in [-0.1, -0.05) is 42.5 Å². The summed E-state index contributed by atoms with van der Waals surface area (Å²) in [6.45, 7) is 0.501. The van der Waals surface area contributed by atoms with Gasteiger partial charge in [-0.05, 0) is 29.7 Å². The van der Waals surface area contributed by atoms with Crippen molar-refractivity contribution in [3.05, 3.63) is 71.3 Å². The molecule has 1 aliphatic rings. The molecule has 1 amide bonds. The molecular weight excluding hydrogens is 248 g/mol. The largest absolute Gasteiger partial charge is 0.349 e. The zero-order chi connectivity index (χ0) is 13.9. The molecule has 0 spiro atoms. The summed E-state index contributed by atoms with van der Waals surface area (Å²) in [6.07, 6.45) is 1.02. The van der Waals surface area contributed by atoms with E-state index in [-0.39, 0.29) is 11.9 Å². The van der Waals surface area contributed by atoms with E-state index < -0.39 is 0 Å². The number of nitrogens with two attached hydrogens (primary N) is 1. The van der Waals surface area contributed by atoms with Gasteiger partial charge >= 0.3 is 0 Å². The van der Waals surface area contributed by atoms with Crippen molar-refractivity contribution in [2.24, 2.45) is 5.73 Å². The van der Waals surface area contributed by atoms with Crippen molar-refractivity contribution >= 4 is 5.91 Å². The number of carbonyl (C=O) groups is 1. The topological polar surface area (TPSA) is 55.1 Å².